The maximum atomic E-state index is 13.6. The van der Waals surface area contributed by atoms with Crippen LogP contribution < -0.4 is 15.6 Å². The Morgan fingerprint density at radius 1 is 1.20 bits per heavy atom. The molecule has 13 heteroatoms. The average Bonchev–Trinajstić information content (AvgIpc) is 3.35. The number of fused-ring (bicyclic) bond motifs is 6. The zero-order chi connectivity index (χ0) is 25.3. The van der Waals surface area contributed by atoms with E-state index in [2.05, 4.69) is 14.4 Å². The zero-order valence-corrected chi connectivity index (χ0v) is 20.6. The van der Waals surface area contributed by atoms with E-state index in [0.29, 0.717) is 35.0 Å². The van der Waals surface area contributed by atoms with E-state index in [0.717, 1.165) is 12.3 Å². The number of benzene rings is 2. The number of hydrogen-bond donors (Lipinski definition) is 3. The zero-order valence-electron chi connectivity index (χ0n) is 19.0. The van der Waals surface area contributed by atoms with Gasteiger partial charge in [0, 0.05) is 12.2 Å². The van der Waals surface area contributed by atoms with Crippen LogP contribution in [0.4, 0.5) is 11.4 Å². The van der Waals surface area contributed by atoms with E-state index in [9.17, 15) is 26.7 Å². The van der Waals surface area contributed by atoms with Crippen LogP contribution in [0.15, 0.2) is 48.8 Å². The maximum absolute atomic E-state index is 13.6. The maximum Gasteiger partial charge on any atom is 0.286 e. The number of anilines is 2. The Kier molecular flexibility index (Phi) is 5.11. The third-order valence-corrected chi connectivity index (χ3v) is 7.64. The molecule has 184 valence electrons. The molecule has 0 saturated carbocycles. The van der Waals surface area contributed by atoms with Gasteiger partial charge in [0.2, 0.25) is 10.0 Å². The number of hydrogen-bond acceptors (Lipinski definition) is 8. The highest BCUT2D eigenvalue weighted by Crippen LogP contribution is 2.39. The Labute approximate surface area is 200 Å². The topological polar surface area (TPSA) is 160 Å². The number of nitrogens with zero attached hydrogens (tertiary/aromatic N) is 2. The highest BCUT2D eigenvalue weighted by molar-refractivity contribution is 7.92. The number of furan rings is 2. The SMILES string of the molecule is CC(C)CCn1c(=O)c(C2=NS(=O)(=O)c3cc(NS(C)(=O)=O)ccc3N2)c(O)c2c3ccc(o3)c21. The van der Waals surface area contributed by atoms with Crippen LogP contribution in [-0.2, 0) is 26.6 Å². The van der Waals surface area contributed by atoms with Gasteiger partial charge in [-0.05, 0) is 42.7 Å². The number of aromatic nitrogens is 1. The first-order valence-corrected chi connectivity index (χ1v) is 14.0. The van der Waals surface area contributed by atoms with Crippen molar-refractivity contribution in [1.82, 2.24) is 4.57 Å². The van der Waals surface area contributed by atoms with Crippen molar-refractivity contribution in [3.8, 4) is 5.75 Å². The van der Waals surface area contributed by atoms with Crippen LogP contribution in [0.1, 0.15) is 25.8 Å². The lowest BCUT2D eigenvalue weighted by Gasteiger charge is -2.21. The summed E-state index contributed by atoms with van der Waals surface area (Å²) in [6.07, 6.45) is 1.61. The minimum atomic E-state index is -4.34. The number of sulfonamides is 2. The third-order valence-electron chi connectivity index (χ3n) is 5.72. The van der Waals surface area contributed by atoms with Gasteiger partial charge in [-0.3, -0.25) is 9.52 Å². The van der Waals surface area contributed by atoms with Gasteiger partial charge in [0.05, 0.1) is 17.3 Å². The van der Waals surface area contributed by atoms with Crippen molar-refractivity contribution in [2.75, 3.05) is 16.3 Å². The summed E-state index contributed by atoms with van der Waals surface area (Å²) >= 11 is 0. The molecule has 4 aromatic rings. The molecule has 1 aromatic carbocycles. The van der Waals surface area contributed by atoms with Gasteiger partial charge >= 0.3 is 0 Å². The molecule has 3 aromatic heterocycles. The largest absolute Gasteiger partial charge is 0.506 e. The van der Waals surface area contributed by atoms with Crippen molar-refractivity contribution in [2.45, 2.75) is 31.7 Å². The van der Waals surface area contributed by atoms with Gasteiger partial charge in [0.25, 0.3) is 15.6 Å². The fourth-order valence-corrected chi connectivity index (χ4v) is 5.86. The van der Waals surface area contributed by atoms with Crippen molar-refractivity contribution >= 4 is 59.3 Å². The van der Waals surface area contributed by atoms with Crippen molar-refractivity contribution in [3.05, 3.63) is 46.2 Å². The van der Waals surface area contributed by atoms with Gasteiger partial charge in [0.1, 0.15) is 27.3 Å². The Morgan fingerprint density at radius 3 is 2.60 bits per heavy atom. The molecule has 4 heterocycles. The summed E-state index contributed by atoms with van der Waals surface area (Å²) in [4.78, 5) is 13.3. The Balaban J connectivity index is 1.70. The van der Waals surface area contributed by atoms with Crippen LogP contribution in [-0.4, -0.2) is 38.6 Å². The van der Waals surface area contributed by atoms with Gasteiger partial charge in [0.15, 0.2) is 11.4 Å². The smallest absolute Gasteiger partial charge is 0.286 e. The standard InChI is InChI=1S/C22H22N4O7S2/c1-11(2)8-9-26-19-15-7-6-14(33-15)17(19)20(27)18(22(26)28)21-23-13-5-4-12(24-34(3,29)30)10-16(13)35(31,32)25-21/h4-7,10-11,24,27H,8-9H2,1-3H3,(H,23,25). The third kappa shape index (κ3) is 3.90. The first-order valence-electron chi connectivity index (χ1n) is 10.7. The molecular weight excluding hydrogens is 496 g/mol. The molecule has 0 radical (unpaired) electrons. The molecule has 0 spiro atoms. The number of pyridine rings is 1. The summed E-state index contributed by atoms with van der Waals surface area (Å²) in [5.41, 5.74) is 0.480. The molecule has 3 N–H and O–H groups in total. The van der Waals surface area contributed by atoms with Crippen LogP contribution in [0.3, 0.4) is 0 Å². The van der Waals surface area contributed by atoms with Gasteiger partial charge in [-0.25, -0.2) is 8.42 Å². The van der Waals surface area contributed by atoms with Crippen LogP contribution in [0.2, 0.25) is 0 Å². The average molecular weight is 519 g/mol. The number of rotatable bonds is 6. The molecule has 0 saturated heterocycles. The Bertz CT molecular complexity index is 1800. The van der Waals surface area contributed by atoms with Crippen LogP contribution >= 0.6 is 0 Å². The molecule has 11 nitrogen and oxygen atoms in total. The van der Waals surface area contributed by atoms with E-state index < -0.39 is 31.4 Å². The summed E-state index contributed by atoms with van der Waals surface area (Å²) in [7, 11) is -7.97. The summed E-state index contributed by atoms with van der Waals surface area (Å²) in [5.74, 6) is -0.475. The monoisotopic (exact) mass is 518 g/mol. The second kappa shape index (κ2) is 7.71. The minimum Gasteiger partial charge on any atom is -0.506 e. The normalized spacial score (nSPS) is 15.4. The van der Waals surface area contributed by atoms with E-state index >= 15 is 0 Å². The first-order chi connectivity index (χ1) is 16.4. The summed E-state index contributed by atoms with van der Waals surface area (Å²) in [6, 6.07) is 7.23. The molecule has 0 unspecified atom stereocenters. The molecule has 1 aliphatic heterocycles. The first kappa shape index (κ1) is 23.2. The van der Waals surface area contributed by atoms with Crippen molar-refractivity contribution in [1.29, 1.82) is 0 Å². The predicted octanol–water partition coefficient (Wildman–Crippen LogP) is 2.87. The second-order valence-corrected chi connectivity index (χ2v) is 12.2. The van der Waals surface area contributed by atoms with Crippen molar-refractivity contribution < 1.29 is 26.4 Å². The van der Waals surface area contributed by atoms with Crippen LogP contribution in [0, 0.1) is 5.92 Å². The quantitative estimate of drug-likeness (QED) is 0.351. The van der Waals surface area contributed by atoms with Crippen LogP contribution in [0.5, 0.6) is 5.75 Å². The van der Waals surface area contributed by atoms with E-state index in [4.69, 9.17) is 4.42 Å². The van der Waals surface area contributed by atoms with Gasteiger partial charge < -0.3 is 19.4 Å². The Hall–Kier alpha value is -3.58. The minimum absolute atomic E-state index is 0.0417. The predicted molar refractivity (Wildman–Crippen MR) is 133 cm³/mol. The lowest BCUT2D eigenvalue weighted by Crippen LogP contribution is -2.33. The molecule has 0 amide bonds. The van der Waals surface area contributed by atoms with E-state index in [1.54, 1.807) is 12.1 Å². The fraction of sp³-hybridized carbons (Fsp3) is 0.273. The molecule has 5 rings (SSSR count). The van der Waals surface area contributed by atoms with E-state index in [-0.39, 0.29) is 33.6 Å². The molecule has 35 heavy (non-hydrogen) atoms. The fourth-order valence-electron chi connectivity index (χ4n) is 4.16. The number of nitrogens with one attached hydrogen (secondary N) is 2. The van der Waals surface area contributed by atoms with Crippen molar-refractivity contribution in [2.24, 2.45) is 10.3 Å². The van der Waals surface area contributed by atoms with Crippen LogP contribution in [0.25, 0.3) is 22.1 Å². The lowest BCUT2D eigenvalue weighted by atomic mass is 10.1. The number of aryl methyl sites for hydroxylation is 1. The summed E-state index contributed by atoms with van der Waals surface area (Å²) in [6.45, 7) is 4.36. The van der Waals surface area contributed by atoms with Gasteiger partial charge in [-0.15, -0.1) is 4.40 Å². The second-order valence-electron chi connectivity index (χ2n) is 8.88. The summed E-state index contributed by atoms with van der Waals surface area (Å²) < 4.78 is 62.2. The van der Waals surface area contributed by atoms with Gasteiger partial charge in [-0.1, -0.05) is 13.8 Å². The number of amidine groups is 1. The molecule has 0 atom stereocenters. The molecule has 0 aliphatic carbocycles. The highest BCUT2D eigenvalue weighted by Gasteiger charge is 2.32. The molecule has 2 bridgehead atoms. The number of aromatic hydroxyl groups is 1. The molecule has 0 fully saturated rings. The van der Waals surface area contributed by atoms with E-state index in [1.807, 2.05) is 13.8 Å². The highest BCUT2D eigenvalue weighted by atomic mass is 32.2. The van der Waals surface area contributed by atoms with Gasteiger partial charge in [-0.2, -0.15) is 8.42 Å². The molecule has 1 aliphatic rings. The summed E-state index contributed by atoms with van der Waals surface area (Å²) in [5, 5.41) is 14.2. The molecular formula is C22H22N4O7S2. The Morgan fingerprint density at radius 2 is 1.91 bits per heavy atom. The lowest BCUT2D eigenvalue weighted by molar-refractivity contribution is 0.474. The van der Waals surface area contributed by atoms with Crippen molar-refractivity contribution in [3.63, 3.8) is 0 Å². The van der Waals surface area contributed by atoms with E-state index in [1.165, 1.54) is 16.7 Å².